The summed E-state index contributed by atoms with van der Waals surface area (Å²) in [5, 5.41) is 0.367. The lowest BCUT2D eigenvalue weighted by Gasteiger charge is -2.13. The number of nitrogens with two attached hydrogens (primary N) is 1. The molecule has 3 N–H and O–H groups in total. The average Bonchev–Trinajstić information content (AvgIpc) is 2.41. The first-order valence-corrected chi connectivity index (χ1v) is 8.84. The highest BCUT2D eigenvalue weighted by Gasteiger charge is 2.22. The maximum atomic E-state index is 12.5. The average molecular weight is 410 g/mol. The molecule has 0 saturated heterocycles. The fourth-order valence-corrected chi connectivity index (χ4v) is 4.24. The van der Waals surface area contributed by atoms with Crippen LogP contribution in [-0.2, 0) is 16.6 Å². The molecule has 21 heavy (non-hydrogen) atoms. The van der Waals surface area contributed by atoms with Crippen molar-refractivity contribution >= 4 is 54.8 Å². The predicted molar refractivity (Wildman–Crippen MR) is 89.3 cm³/mol. The van der Waals surface area contributed by atoms with Crippen LogP contribution in [0.25, 0.3) is 0 Å². The minimum absolute atomic E-state index is 0.0320. The van der Waals surface area contributed by atoms with Crippen molar-refractivity contribution in [3.05, 3.63) is 56.5 Å². The second-order valence-corrected chi connectivity index (χ2v) is 7.42. The molecule has 0 amide bonds. The van der Waals surface area contributed by atoms with Crippen molar-refractivity contribution in [2.45, 2.75) is 11.4 Å². The predicted octanol–water partition coefficient (Wildman–Crippen LogP) is 4.02. The van der Waals surface area contributed by atoms with Gasteiger partial charge in [-0.05, 0) is 40.2 Å². The molecule has 8 heteroatoms. The van der Waals surface area contributed by atoms with E-state index >= 15 is 0 Å². The zero-order valence-corrected chi connectivity index (χ0v) is 14.5. The van der Waals surface area contributed by atoms with Crippen LogP contribution in [0.4, 0.5) is 5.69 Å². The zero-order chi connectivity index (χ0) is 15.6. The molecule has 112 valence electrons. The van der Waals surface area contributed by atoms with Gasteiger partial charge < -0.3 is 5.73 Å². The highest BCUT2D eigenvalue weighted by molar-refractivity contribution is 9.10. The number of rotatable bonds is 4. The Balaban J connectivity index is 2.48. The van der Waals surface area contributed by atoms with E-state index in [0.717, 1.165) is 0 Å². The molecule has 0 fully saturated rings. The first-order chi connectivity index (χ1) is 9.86. The standard InChI is InChI=1S/C13H11BrCl2N2O2S/c14-9-3-1-2-4-11(9)18-21(19,20)12-6-5-10(15)8(7-17)13(12)16/h1-6,18H,7,17H2. The number of nitrogens with one attached hydrogen (secondary N) is 1. The van der Waals surface area contributed by atoms with Crippen LogP contribution < -0.4 is 10.5 Å². The summed E-state index contributed by atoms with van der Waals surface area (Å²) in [5.74, 6) is 0. The highest BCUT2D eigenvalue weighted by Crippen LogP contribution is 2.32. The van der Waals surface area contributed by atoms with Crippen LogP contribution in [0.3, 0.4) is 0 Å². The molecule has 2 aromatic rings. The molecule has 2 aromatic carbocycles. The first-order valence-electron chi connectivity index (χ1n) is 5.81. The van der Waals surface area contributed by atoms with Gasteiger partial charge in [0.25, 0.3) is 10.0 Å². The van der Waals surface area contributed by atoms with E-state index in [2.05, 4.69) is 20.7 Å². The van der Waals surface area contributed by atoms with Gasteiger partial charge in [0.15, 0.2) is 0 Å². The van der Waals surface area contributed by atoms with E-state index in [4.69, 9.17) is 28.9 Å². The largest absolute Gasteiger partial charge is 0.326 e. The van der Waals surface area contributed by atoms with Crippen molar-refractivity contribution in [1.82, 2.24) is 0 Å². The summed E-state index contributed by atoms with van der Waals surface area (Å²) in [6.07, 6.45) is 0. The summed E-state index contributed by atoms with van der Waals surface area (Å²) >= 11 is 15.3. The summed E-state index contributed by atoms with van der Waals surface area (Å²) in [5.41, 5.74) is 6.36. The Hall–Kier alpha value is -0.790. The molecule has 0 bridgehead atoms. The van der Waals surface area contributed by atoms with Gasteiger partial charge in [-0.25, -0.2) is 8.42 Å². The second-order valence-electron chi connectivity index (χ2n) is 4.13. The van der Waals surface area contributed by atoms with Gasteiger partial charge in [-0.3, -0.25) is 4.72 Å². The fourth-order valence-electron chi connectivity index (χ4n) is 1.71. The zero-order valence-electron chi connectivity index (χ0n) is 10.6. The lowest BCUT2D eigenvalue weighted by atomic mass is 10.2. The lowest BCUT2D eigenvalue weighted by Crippen LogP contribution is -2.15. The Morgan fingerprint density at radius 3 is 2.43 bits per heavy atom. The molecule has 2 rings (SSSR count). The molecule has 0 aliphatic heterocycles. The van der Waals surface area contributed by atoms with E-state index in [1.165, 1.54) is 12.1 Å². The molecule has 0 spiro atoms. The first kappa shape index (κ1) is 16.6. The maximum absolute atomic E-state index is 12.5. The summed E-state index contributed by atoms with van der Waals surface area (Å²) in [7, 11) is -3.84. The summed E-state index contributed by atoms with van der Waals surface area (Å²) < 4.78 is 28.0. The topological polar surface area (TPSA) is 72.2 Å². The molecule has 4 nitrogen and oxygen atoms in total. The monoisotopic (exact) mass is 408 g/mol. The highest BCUT2D eigenvalue weighted by atomic mass is 79.9. The molecule has 0 atom stereocenters. The molecule has 0 aromatic heterocycles. The Bertz CT molecular complexity index is 782. The van der Waals surface area contributed by atoms with Crippen LogP contribution in [0, 0.1) is 0 Å². The lowest BCUT2D eigenvalue weighted by molar-refractivity contribution is 0.601. The molecule has 0 aliphatic carbocycles. The molecule has 0 radical (unpaired) electrons. The van der Waals surface area contributed by atoms with Gasteiger partial charge in [0.1, 0.15) is 4.90 Å². The van der Waals surface area contributed by atoms with Gasteiger partial charge in [-0.2, -0.15) is 0 Å². The summed E-state index contributed by atoms with van der Waals surface area (Å²) in [6.45, 7) is 0.0516. The van der Waals surface area contributed by atoms with Gasteiger partial charge in [-0.15, -0.1) is 0 Å². The minimum Gasteiger partial charge on any atom is -0.326 e. The van der Waals surface area contributed by atoms with Crippen LogP contribution in [-0.4, -0.2) is 8.42 Å². The molecule has 0 aliphatic rings. The van der Waals surface area contributed by atoms with Crippen LogP contribution in [0.5, 0.6) is 0 Å². The molecule has 0 unspecified atom stereocenters. The molecular formula is C13H11BrCl2N2O2S. The number of benzene rings is 2. The van der Waals surface area contributed by atoms with Gasteiger partial charge in [-0.1, -0.05) is 35.3 Å². The third-order valence-electron chi connectivity index (χ3n) is 2.76. The molecular weight excluding hydrogens is 399 g/mol. The van der Waals surface area contributed by atoms with Gasteiger partial charge in [0.2, 0.25) is 0 Å². The van der Waals surface area contributed by atoms with Crippen LogP contribution in [0.2, 0.25) is 10.0 Å². The van der Waals surface area contributed by atoms with Gasteiger partial charge >= 0.3 is 0 Å². The molecule has 0 saturated carbocycles. The number of halogens is 3. The number of hydrogen-bond acceptors (Lipinski definition) is 3. The second kappa shape index (κ2) is 6.54. The maximum Gasteiger partial charge on any atom is 0.263 e. The summed E-state index contributed by atoms with van der Waals surface area (Å²) in [4.78, 5) is -0.0650. The van der Waals surface area contributed by atoms with E-state index in [1.54, 1.807) is 24.3 Å². The fraction of sp³-hybridized carbons (Fsp3) is 0.0769. The number of anilines is 1. The third kappa shape index (κ3) is 3.52. The van der Waals surface area contributed by atoms with E-state index in [9.17, 15) is 8.42 Å². The smallest absolute Gasteiger partial charge is 0.263 e. The number of para-hydroxylation sites is 1. The van der Waals surface area contributed by atoms with Crippen LogP contribution >= 0.6 is 39.1 Å². The Kier molecular flexibility index (Phi) is 5.16. The van der Waals surface area contributed by atoms with Crippen molar-refractivity contribution in [3.63, 3.8) is 0 Å². The Morgan fingerprint density at radius 1 is 1.14 bits per heavy atom. The number of hydrogen-bond donors (Lipinski definition) is 2. The van der Waals surface area contributed by atoms with Crippen LogP contribution in [0.1, 0.15) is 5.56 Å². The molecule has 0 heterocycles. The van der Waals surface area contributed by atoms with Gasteiger partial charge in [0, 0.05) is 21.6 Å². The van der Waals surface area contributed by atoms with Gasteiger partial charge in [0.05, 0.1) is 10.7 Å². The normalized spacial score (nSPS) is 11.4. The van der Waals surface area contributed by atoms with Crippen molar-refractivity contribution in [2.75, 3.05) is 4.72 Å². The van der Waals surface area contributed by atoms with E-state index < -0.39 is 10.0 Å². The van der Waals surface area contributed by atoms with Crippen molar-refractivity contribution in [3.8, 4) is 0 Å². The SMILES string of the molecule is NCc1c(Cl)ccc(S(=O)(=O)Nc2ccccc2Br)c1Cl. The summed E-state index contributed by atoms with van der Waals surface area (Å²) in [6, 6.07) is 9.68. The van der Waals surface area contributed by atoms with E-state index in [-0.39, 0.29) is 16.5 Å². The van der Waals surface area contributed by atoms with Crippen molar-refractivity contribution in [1.29, 1.82) is 0 Å². The quantitative estimate of drug-likeness (QED) is 0.800. The minimum atomic E-state index is -3.84. The van der Waals surface area contributed by atoms with Crippen molar-refractivity contribution in [2.24, 2.45) is 5.73 Å². The Labute approximate surface area is 141 Å². The third-order valence-corrected chi connectivity index (χ3v) is 5.76. The van der Waals surface area contributed by atoms with E-state index in [1.807, 2.05) is 0 Å². The number of sulfonamides is 1. The Morgan fingerprint density at radius 2 is 1.81 bits per heavy atom. The van der Waals surface area contributed by atoms with E-state index in [0.29, 0.717) is 20.7 Å². The van der Waals surface area contributed by atoms with Crippen LogP contribution in [0.15, 0.2) is 45.8 Å². The van der Waals surface area contributed by atoms with Crippen molar-refractivity contribution < 1.29 is 8.42 Å².